The summed E-state index contributed by atoms with van der Waals surface area (Å²) in [4.78, 5) is 17.0. The van der Waals surface area contributed by atoms with E-state index in [1.165, 1.54) is 77.4 Å². The standard InChI is InChI=1S/C19H32N2O/c1-16(22)21(18-9-5-10-18)19-11-6-13-20(14-12-19)15-17-7-3-2-4-8-17/h2-3,17-19H,4-15H2,1H3/t17-,19-/m1/s1. The largest absolute Gasteiger partial charge is 0.337 e. The lowest BCUT2D eigenvalue weighted by molar-refractivity contribution is -0.136. The van der Waals surface area contributed by atoms with Gasteiger partial charge in [0.2, 0.25) is 5.91 Å². The van der Waals surface area contributed by atoms with Crippen LogP contribution >= 0.6 is 0 Å². The Balaban J connectivity index is 1.52. The van der Waals surface area contributed by atoms with Crippen LogP contribution in [0.2, 0.25) is 0 Å². The molecule has 0 radical (unpaired) electrons. The molecule has 0 bridgehead atoms. The lowest BCUT2D eigenvalue weighted by Gasteiger charge is -2.42. The molecule has 0 aromatic heterocycles. The summed E-state index contributed by atoms with van der Waals surface area (Å²) in [5, 5.41) is 0. The Bertz CT molecular complexity index is 402. The predicted molar refractivity (Wildman–Crippen MR) is 90.7 cm³/mol. The van der Waals surface area contributed by atoms with Crippen molar-refractivity contribution in [2.24, 2.45) is 5.92 Å². The Morgan fingerprint density at radius 2 is 1.82 bits per heavy atom. The molecule has 1 saturated carbocycles. The van der Waals surface area contributed by atoms with Gasteiger partial charge in [0.1, 0.15) is 0 Å². The number of hydrogen-bond donors (Lipinski definition) is 0. The fourth-order valence-corrected chi connectivity index (χ4v) is 4.46. The first kappa shape index (κ1) is 16.0. The summed E-state index contributed by atoms with van der Waals surface area (Å²) in [5.74, 6) is 1.16. The predicted octanol–water partition coefficient (Wildman–Crippen LogP) is 3.60. The SMILES string of the molecule is CC(=O)N(C1CCC1)[C@@H]1CCCN(C[C@@H]2CC=CCC2)CC1. The second-order valence-electron chi connectivity index (χ2n) is 7.55. The Labute approximate surface area is 135 Å². The molecule has 22 heavy (non-hydrogen) atoms. The molecule has 0 unspecified atom stereocenters. The molecular formula is C19H32N2O. The van der Waals surface area contributed by atoms with E-state index >= 15 is 0 Å². The maximum Gasteiger partial charge on any atom is 0.219 e. The first-order valence-electron chi connectivity index (χ1n) is 9.40. The van der Waals surface area contributed by atoms with Crippen LogP contribution in [0.4, 0.5) is 0 Å². The van der Waals surface area contributed by atoms with Gasteiger partial charge in [-0.05, 0) is 70.3 Å². The van der Waals surface area contributed by atoms with E-state index in [-0.39, 0.29) is 0 Å². The van der Waals surface area contributed by atoms with E-state index in [0.717, 1.165) is 5.92 Å². The third-order valence-corrected chi connectivity index (χ3v) is 5.91. The maximum atomic E-state index is 12.1. The van der Waals surface area contributed by atoms with Crippen LogP contribution in [0.25, 0.3) is 0 Å². The molecule has 2 aliphatic carbocycles. The second kappa shape index (κ2) is 7.63. The van der Waals surface area contributed by atoms with E-state index in [1.54, 1.807) is 6.92 Å². The van der Waals surface area contributed by atoms with Crippen molar-refractivity contribution in [3.8, 4) is 0 Å². The first-order chi connectivity index (χ1) is 10.7. The fraction of sp³-hybridized carbons (Fsp3) is 0.842. The normalized spacial score (nSPS) is 30.6. The van der Waals surface area contributed by atoms with Crippen LogP contribution in [0.5, 0.6) is 0 Å². The molecular weight excluding hydrogens is 272 g/mol. The molecule has 1 aliphatic heterocycles. The van der Waals surface area contributed by atoms with E-state index in [2.05, 4.69) is 22.0 Å². The van der Waals surface area contributed by atoms with Crippen LogP contribution in [0.15, 0.2) is 12.2 Å². The van der Waals surface area contributed by atoms with Crippen LogP contribution < -0.4 is 0 Å². The molecule has 3 nitrogen and oxygen atoms in total. The molecule has 124 valence electrons. The topological polar surface area (TPSA) is 23.6 Å². The number of amides is 1. The number of carbonyl (C=O) groups excluding carboxylic acids is 1. The minimum absolute atomic E-state index is 0.306. The van der Waals surface area contributed by atoms with Gasteiger partial charge in [0.05, 0.1) is 0 Å². The molecule has 1 heterocycles. The molecule has 1 amide bonds. The van der Waals surface area contributed by atoms with Crippen LogP contribution in [0.3, 0.4) is 0 Å². The second-order valence-corrected chi connectivity index (χ2v) is 7.55. The van der Waals surface area contributed by atoms with Gasteiger partial charge < -0.3 is 9.80 Å². The van der Waals surface area contributed by atoms with Gasteiger partial charge in [-0.25, -0.2) is 0 Å². The van der Waals surface area contributed by atoms with Crippen LogP contribution in [-0.2, 0) is 4.79 Å². The maximum absolute atomic E-state index is 12.1. The van der Waals surface area contributed by atoms with Crippen molar-refractivity contribution in [1.29, 1.82) is 0 Å². The fourth-order valence-electron chi connectivity index (χ4n) is 4.46. The molecule has 2 atom stereocenters. The summed E-state index contributed by atoms with van der Waals surface area (Å²) in [7, 11) is 0. The summed E-state index contributed by atoms with van der Waals surface area (Å²) in [6.07, 6.45) is 16.0. The van der Waals surface area contributed by atoms with E-state index in [0.29, 0.717) is 18.0 Å². The number of likely N-dealkylation sites (tertiary alicyclic amines) is 1. The number of nitrogens with zero attached hydrogens (tertiary/aromatic N) is 2. The summed E-state index contributed by atoms with van der Waals surface area (Å²) in [6.45, 7) is 5.45. The van der Waals surface area contributed by atoms with Crippen LogP contribution in [-0.4, -0.2) is 47.4 Å². The lowest BCUT2D eigenvalue weighted by atomic mass is 9.89. The highest BCUT2D eigenvalue weighted by atomic mass is 16.2. The molecule has 3 aliphatic rings. The van der Waals surface area contributed by atoms with Gasteiger partial charge in [0.25, 0.3) is 0 Å². The molecule has 0 N–H and O–H groups in total. The van der Waals surface area contributed by atoms with E-state index < -0.39 is 0 Å². The van der Waals surface area contributed by atoms with E-state index in [1.807, 2.05) is 0 Å². The Hall–Kier alpha value is -0.830. The van der Waals surface area contributed by atoms with Crippen molar-refractivity contribution in [3.63, 3.8) is 0 Å². The number of hydrogen-bond acceptors (Lipinski definition) is 2. The van der Waals surface area contributed by atoms with Crippen molar-refractivity contribution in [1.82, 2.24) is 9.80 Å². The Kier molecular flexibility index (Phi) is 5.56. The lowest BCUT2D eigenvalue weighted by Crippen LogP contribution is -2.49. The molecule has 3 rings (SSSR count). The van der Waals surface area contributed by atoms with Gasteiger partial charge in [-0.1, -0.05) is 12.2 Å². The molecule has 2 fully saturated rings. The van der Waals surface area contributed by atoms with E-state index in [4.69, 9.17) is 0 Å². The third-order valence-electron chi connectivity index (χ3n) is 5.91. The number of allylic oxidation sites excluding steroid dienone is 2. The van der Waals surface area contributed by atoms with Crippen LogP contribution in [0.1, 0.15) is 64.7 Å². The highest BCUT2D eigenvalue weighted by molar-refractivity contribution is 5.74. The smallest absolute Gasteiger partial charge is 0.219 e. The molecule has 0 aromatic rings. The Morgan fingerprint density at radius 1 is 1.05 bits per heavy atom. The van der Waals surface area contributed by atoms with Crippen molar-refractivity contribution >= 4 is 5.91 Å². The summed E-state index contributed by atoms with van der Waals surface area (Å²) < 4.78 is 0. The minimum Gasteiger partial charge on any atom is -0.337 e. The van der Waals surface area contributed by atoms with E-state index in [9.17, 15) is 4.79 Å². The van der Waals surface area contributed by atoms with Gasteiger partial charge >= 0.3 is 0 Å². The highest BCUT2D eigenvalue weighted by Crippen LogP contribution is 2.30. The summed E-state index contributed by atoms with van der Waals surface area (Å²) >= 11 is 0. The van der Waals surface area contributed by atoms with Crippen molar-refractivity contribution in [2.45, 2.75) is 76.8 Å². The third kappa shape index (κ3) is 3.92. The van der Waals surface area contributed by atoms with Gasteiger partial charge in [-0.3, -0.25) is 4.79 Å². The quantitative estimate of drug-likeness (QED) is 0.741. The molecule has 0 spiro atoms. The van der Waals surface area contributed by atoms with Gasteiger partial charge in [-0.2, -0.15) is 0 Å². The van der Waals surface area contributed by atoms with Crippen LogP contribution in [0, 0.1) is 5.92 Å². The zero-order valence-electron chi connectivity index (χ0n) is 14.2. The summed E-state index contributed by atoms with van der Waals surface area (Å²) in [6, 6.07) is 1.05. The zero-order valence-corrected chi connectivity index (χ0v) is 14.2. The molecule has 1 saturated heterocycles. The highest BCUT2D eigenvalue weighted by Gasteiger charge is 2.33. The zero-order chi connectivity index (χ0) is 15.4. The monoisotopic (exact) mass is 304 g/mol. The van der Waals surface area contributed by atoms with Gasteiger partial charge in [0, 0.05) is 32.1 Å². The minimum atomic E-state index is 0.306. The number of rotatable bonds is 4. The average molecular weight is 304 g/mol. The van der Waals surface area contributed by atoms with Crippen molar-refractivity contribution in [3.05, 3.63) is 12.2 Å². The number of carbonyl (C=O) groups is 1. The Morgan fingerprint density at radius 3 is 2.45 bits per heavy atom. The first-order valence-corrected chi connectivity index (χ1v) is 9.40. The molecule has 3 heteroatoms. The summed E-state index contributed by atoms with van der Waals surface area (Å²) in [5.41, 5.74) is 0. The average Bonchev–Trinajstić information content (AvgIpc) is 2.69. The van der Waals surface area contributed by atoms with Crippen molar-refractivity contribution in [2.75, 3.05) is 19.6 Å². The molecule has 0 aromatic carbocycles. The van der Waals surface area contributed by atoms with Gasteiger partial charge in [-0.15, -0.1) is 0 Å². The van der Waals surface area contributed by atoms with Gasteiger partial charge in [0.15, 0.2) is 0 Å². The van der Waals surface area contributed by atoms with Crippen molar-refractivity contribution < 1.29 is 4.79 Å².